The van der Waals surface area contributed by atoms with Gasteiger partial charge in [0.1, 0.15) is 17.6 Å². The minimum absolute atomic E-state index is 0.239. The molecule has 0 radical (unpaired) electrons. The molecule has 3 aromatic heterocycles. The lowest BCUT2D eigenvalue weighted by atomic mass is 10.0. The van der Waals surface area contributed by atoms with Crippen molar-refractivity contribution in [2.75, 3.05) is 6.61 Å². The molecule has 4 heterocycles. The molecular formula is C25H19ClN2O4S2. The highest BCUT2D eigenvalue weighted by molar-refractivity contribution is 7.10. The summed E-state index contributed by atoms with van der Waals surface area (Å²) in [5.74, 6) is 0.723. The first-order valence-electron chi connectivity index (χ1n) is 10.5. The van der Waals surface area contributed by atoms with Gasteiger partial charge in [0.2, 0.25) is 0 Å². The molecule has 4 aromatic rings. The number of thiophene rings is 1. The number of aromatic nitrogens is 1. The Morgan fingerprint density at radius 3 is 2.85 bits per heavy atom. The van der Waals surface area contributed by atoms with E-state index >= 15 is 0 Å². The van der Waals surface area contributed by atoms with E-state index in [1.165, 1.54) is 22.7 Å². The fraction of sp³-hybridized carbons (Fsp3) is 0.160. The molecule has 0 spiro atoms. The monoisotopic (exact) mass is 510 g/mol. The van der Waals surface area contributed by atoms with Gasteiger partial charge in [-0.15, -0.1) is 11.3 Å². The molecule has 0 N–H and O–H groups in total. The van der Waals surface area contributed by atoms with Crippen LogP contribution in [0, 0.1) is 0 Å². The normalized spacial score (nSPS) is 15.9. The number of esters is 1. The molecule has 0 saturated carbocycles. The summed E-state index contributed by atoms with van der Waals surface area (Å²) < 4.78 is 13.3. The highest BCUT2D eigenvalue weighted by atomic mass is 35.5. The molecule has 0 aliphatic carbocycles. The lowest BCUT2D eigenvalue weighted by Gasteiger charge is -2.23. The Hall–Kier alpha value is -3.20. The standard InChI is InChI=1S/C25H19ClN2O4S2/c1-3-31-24(30)21-14(2)27-25-28(22(21)19-8-5-11-33-19)23(29)20(34-25)13-17-9-10-18(32-17)15-6-4-7-16(26)12-15/h4-13,22H,3H2,1-2H3. The number of benzene rings is 1. The maximum absolute atomic E-state index is 13.5. The molecule has 34 heavy (non-hydrogen) atoms. The van der Waals surface area contributed by atoms with Crippen LogP contribution >= 0.6 is 34.3 Å². The zero-order valence-electron chi connectivity index (χ0n) is 18.3. The van der Waals surface area contributed by atoms with Crippen molar-refractivity contribution >= 4 is 46.3 Å². The molecule has 5 rings (SSSR count). The van der Waals surface area contributed by atoms with E-state index < -0.39 is 12.0 Å². The number of hydrogen-bond donors (Lipinski definition) is 0. The average Bonchev–Trinajstić information content (AvgIpc) is 3.55. The maximum atomic E-state index is 13.5. The van der Waals surface area contributed by atoms with Gasteiger partial charge in [-0.2, -0.15) is 0 Å². The van der Waals surface area contributed by atoms with E-state index in [9.17, 15) is 9.59 Å². The van der Waals surface area contributed by atoms with Crippen molar-refractivity contribution in [3.05, 3.63) is 101 Å². The van der Waals surface area contributed by atoms with E-state index in [1.807, 2.05) is 41.8 Å². The molecule has 1 unspecified atom stereocenters. The molecule has 0 bridgehead atoms. The number of ether oxygens (including phenoxy) is 1. The Morgan fingerprint density at radius 2 is 2.12 bits per heavy atom. The van der Waals surface area contributed by atoms with Gasteiger partial charge in [-0.25, -0.2) is 9.79 Å². The predicted octanol–water partition coefficient (Wildman–Crippen LogP) is 4.77. The summed E-state index contributed by atoms with van der Waals surface area (Å²) in [5, 5.41) is 2.54. The van der Waals surface area contributed by atoms with Gasteiger partial charge in [0.05, 0.1) is 22.4 Å². The first-order valence-corrected chi connectivity index (χ1v) is 12.6. The van der Waals surface area contributed by atoms with Gasteiger partial charge in [-0.3, -0.25) is 9.36 Å². The minimum atomic E-state index is -0.587. The van der Waals surface area contributed by atoms with E-state index in [2.05, 4.69) is 4.99 Å². The Morgan fingerprint density at radius 1 is 1.26 bits per heavy atom. The smallest absolute Gasteiger partial charge is 0.338 e. The molecule has 0 saturated heterocycles. The van der Waals surface area contributed by atoms with Gasteiger partial charge in [-0.05, 0) is 49.6 Å². The van der Waals surface area contributed by atoms with Gasteiger partial charge >= 0.3 is 5.97 Å². The van der Waals surface area contributed by atoms with E-state index in [1.54, 1.807) is 36.6 Å². The van der Waals surface area contributed by atoms with Crippen LogP contribution in [0.4, 0.5) is 0 Å². The number of carbonyl (C=O) groups excluding carboxylic acids is 1. The molecule has 9 heteroatoms. The Bertz CT molecular complexity index is 1590. The summed E-state index contributed by atoms with van der Waals surface area (Å²) in [4.78, 5) is 32.3. The van der Waals surface area contributed by atoms with Crippen LogP contribution in [0.25, 0.3) is 17.4 Å². The van der Waals surface area contributed by atoms with E-state index in [4.69, 9.17) is 20.8 Å². The molecule has 172 valence electrons. The van der Waals surface area contributed by atoms with Crippen molar-refractivity contribution in [2.45, 2.75) is 19.9 Å². The zero-order chi connectivity index (χ0) is 23.8. The third kappa shape index (κ3) is 4.09. The molecule has 1 aliphatic heterocycles. The predicted molar refractivity (Wildman–Crippen MR) is 134 cm³/mol. The topological polar surface area (TPSA) is 73.8 Å². The molecule has 6 nitrogen and oxygen atoms in total. The number of carbonyl (C=O) groups is 1. The van der Waals surface area contributed by atoms with Crippen LogP contribution in [0.3, 0.4) is 0 Å². The number of thiazole rings is 1. The third-order valence-corrected chi connectivity index (χ3v) is 7.48. The van der Waals surface area contributed by atoms with Crippen molar-refractivity contribution < 1.29 is 13.9 Å². The minimum Gasteiger partial charge on any atom is -0.463 e. The highest BCUT2D eigenvalue weighted by Crippen LogP contribution is 2.33. The summed E-state index contributed by atoms with van der Waals surface area (Å²) in [5.41, 5.74) is 1.54. The molecule has 0 amide bonds. The molecule has 1 atom stereocenters. The van der Waals surface area contributed by atoms with Gasteiger partial charge in [0.25, 0.3) is 5.56 Å². The number of halogens is 1. The zero-order valence-corrected chi connectivity index (χ0v) is 20.7. The maximum Gasteiger partial charge on any atom is 0.338 e. The first-order chi connectivity index (χ1) is 16.5. The van der Waals surface area contributed by atoms with Crippen molar-refractivity contribution in [2.24, 2.45) is 4.99 Å². The van der Waals surface area contributed by atoms with Crippen LogP contribution in [0.1, 0.15) is 30.5 Å². The second kappa shape index (κ2) is 9.21. The number of allylic oxidation sites excluding steroid dienone is 1. The summed E-state index contributed by atoms with van der Waals surface area (Å²) in [6.07, 6.45) is 1.70. The van der Waals surface area contributed by atoms with Gasteiger partial charge in [-0.1, -0.05) is 41.1 Å². The molecular weight excluding hydrogens is 492 g/mol. The van der Waals surface area contributed by atoms with Gasteiger partial charge < -0.3 is 9.15 Å². The van der Waals surface area contributed by atoms with E-state index in [0.717, 1.165) is 10.4 Å². The number of furan rings is 1. The lowest BCUT2D eigenvalue weighted by molar-refractivity contribution is -0.139. The van der Waals surface area contributed by atoms with E-state index in [0.29, 0.717) is 37.1 Å². The number of rotatable bonds is 5. The van der Waals surface area contributed by atoms with Crippen molar-refractivity contribution in [3.63, 3.8) is 0 Å². The fourth-order valence-corrected chi connectivity index (χ4v) is 5.90. The number of nitrogens with zero attached hydrogens (tertiary/aromatic N) is 2. The van der Waals surface area contributed by atoms with Crippen LogP contribution in [-0.4, -0.2) is 17.1 Å². The van der Waals surface area contributed by atoms with Crippen molar-refractivity contribution in [3.8, 4) is 11.3 Å². The van der Waals surface area contributed by atoms with Gasteiger partial charge in [0.15, 0.2) is 4.80 Å². The van der Waals surface area contributed by atoms with Crippen LogP contribution in [0.2, 0.25) is 5.02 Å². The lowest BCUT2D eigenvalue weighted by Crippen LogP contribution is -2.39. The first kappa shape index (κ1) is 22.6. The van der Waals surface area contributed by atoms with E-state index in [-0.39, 0.29) is 12.2 Å². The summed E-state index contributed by atoms with van der Waals surface area (Å²) >= 11 is 8.84. The molecule has 0 fully saturated rings. The largest absolute Gasteiger partial charge is 0.463 e. The molecule has 1 aliphatic rings. The second-order valence-corrected chi connectivity index (χ2v) is 9.95. The SMILES string of the molecule is CCOC(=O)C1=C(C)N=c2sc(=Cc3ccc(-c4cccc(Cl)c4)o3)c(=O)n2C1c1cccs1. The Balaban J connectivity index is 1.62. The van der Waals surface area contributed by atoms with Crippen molar-refractivity contribution in [1.29, 1.82) is 0 Å². The Labute approximate surface area is 207 Å². The van der Waals surface area contributed by atoms with Crippen LogP contribution < -0.4 is 14.9 Å². The number of fused-ring (bicyclic) bond motifs is 1. The quantitative estimate of drug-likeness (QED) is 0.362. The second-order valence-electron chi connectivity index (χ2n) is 7.53. The van der Waals surface area contributed by atoms with Crippen LogP contribution in [0.15, 0.2) is 79.4 Å². The average molecular weight is 511 g/mol. The van der Waals surface area contributed by atoms with Crippen LogP contribution in [0.5, 0.6) is 0 Å². The Kier molecular flexibility index (Phi) is 6.12. The highest BCUT2D eigenvalue weighted by Gasteiger charge is 2.33. The summed E-state index contributed by atoms with van der Waals surface area (Å²) in [6.45, 7) is 3.77. The van der Waals surface area contributed by atoms with Crippen molar-refractivity contribution in [1.82, 2.24) is 4.57 Å². The molecule has 1 aromatic carbocycles. The fourth-order valence-electron chi connectivity index (χ4n) is 3.86. The van der Waals surface area contributed by atoms with Gasteiger partial charge in [0, 0.05) is 21.5 Å². The number of hydrogen-bond acceptors (Lipinski definition) is 7. The van der Waals surface area contributed by atoms with Crippen LogP contribution in [-0.2, 0) is 9.53 Å². The summed E-state index contributed by atoms with van der Waals surface area (Å²) in [6, 6.07) is 14.2. The third-order valence-electron chi connectivity index (χ3n) is 5.34. The summed E-state index contributed by atoms with van der Waals surface area (Å²) in [7, 11) is 0.